The summed E-state index contributed by atoms with van der Waals surface area (Å²) in [5.74, 6) is -1.55. The number of ketones is 1. The number of carbonyl (C=O) groups excluding carboxylic acids is 3. The highest BCUT2D eigenvalue weighted by atomic mass is 19.1. The molecule has 168 valence electrons. The SMILES string of the molecule is CC1(C)CC(=O)c2cc(C(=O)NC3CCN(C(=O)c4ccccc4F)CC3)c(=O)[nH]c2C1. The van der Waals surface area contributed by atoms with Gasteiger partial charge in [0.05, 0.1) is 5.56 Å². The zero-order valence-corrected chi connectivity index (χ0v) is 18.2. The number of hydrogen-bond acceptors (Lipinski definition) is 4. The summed E-state index contributed by atoms with van der Waals surface area (Å²) in [6.07, 6.45) is 1.91. The second-order valence-electron chi connectivity index (χ2n) is 9.37. The number of rotatable bonds is 3. The van der Waals surface area contributed by atoms with Gasteiger partial charge in [-0.1, -0.05) is 26.0 Å². The van der Waals surface area contributed by atoms with Crippen LogP contribution in [0.4, 0.5) is 4.39 Å². The number of nitrogens with one attached hydrogen (secondary N) is 2. The minimum absolute atomic E-state index is 0.0309. The molecule has 1 aromatic heterocycles. The Morgan fingerprint density at radius 2 is 1.78 bits per heavy atom. The van der Waals surface area contributed by atoms with Gasteiger partial charge in [-0.05, 0) is 42.9 Å². The van der Waals surface area contributed by atoms with E-state index >= 15 is 0 Å². The molecule has 2 aliphatic rings. The molecule has 4 rings (SSSR count). The number of halogens is 1. The van der Waals surface area contributed by atoms with Crippen molar-refractivity contribution >= 4 is 17.6 Å². The van der Waals surface area contributed by atoms with Crippen LogP contribution in [0.2, 0.25) is 0 Å². The largest absolute Gasteiger partial charge is 0.349 e. The van der Waals surface area contributed by atoms with Gasteiger partial charge in [0, 0.05) is 36.8 Å². The Labute approximate surface area is 185 Å². The van der Waals surface area contributed by atoms with Gasteiger partial charge in [0.25, 0.3) is 17.4 Å². The van der Waals surface area contributed by atoms with Gasteiger partial charge in [-0.2, -0.15) is 0 Å². The van der Waals surface area contributed by atoms with E-state index in [-0.39, 0.29) is 34.3 Å². The molecule has 0 spiro atoms. The summed E-state index contributed by atoms with van der Waals surface area (Å²) >= 11 is 0. The van der Waals surface area contributed by atoms with Crippen molar-refractivity contribution in [1.29, 1.82) is 0 Å². The highest BCUT2D eigenvalue weighted by Gasteiger charge is 2.33. The molecule has 0 bridgehead atoms. The lowest BCUT2D eigenvalue weighted by Gasteiger charge is -2.32. The number of amides is 2. The maximum atomic E-state index is 13.9. The number of pyridine rings is 1. The van der Waals surface area contributed by atoms with Crippen molar-refractivity contribution in [2.45, 2.75) is 45.6 Å². The first-order chi connectivity index (χ1) is 15.1. The number of aromatic amines is 1. The standard InChI is InChI=1S/C24H26FN3O4/c1-24(2)12-19-16(20(29)13-24)11-17(22(31)27-19)21(30)26-14-7-9-28(10-8-14)23(32)15-5-3-4-6-18(15)25/h3-6,11,14H,7-10,12-13H2,1-2H3,(H,26,30)(H,27,31). The Morgan fingerprint density at radius 3 is 2.47 bits per heavy atom. The summed E-state index contributed by atoms with van der Waals surface area (Å²) in [6.45, 7) is 4.67. The number of carbonyl (C=O) groups is 3. The zero-order valence-electron chi connectivity index (χ0n) is 18.2. The summed E-state index contributed by atoms with van der Waals surface area (Å²) in [7, 11) is 0. The number of H-pyrrole nitrogens is 1. The molecule has 0 radical (unpaired) electrons. The molecule has 1 aliphatic heterocycles. The third-order valence-electron chi connectivity index (χ3n) is 6.18. The monoisotopic (exact) mass is 439 g/mol. The quantitative estimate of drug-likeness (QED) is 0.768. The average molecular weight is 439 g/mol. The fourth-order valence-electron chi connectivity index (χ4n) is 4.49. The summed E-state index contributed by atoms with van der Waals surface area (Å²) in [4.78, 5) is 54.6. The van der Waals surface area contributed by atoms with Crippen molar-refractivity contribution < 1.29 is 18.8 Å². The van der Waals surface area contributed by atoms with Crippen LogP contribution in [0.15, 0.2) is 35.1 Å². The Balaban J connectivity index is 1.41. The number of aromatic nitrogens is 1. The van der Waals surface area contributed by atoms with Crippen molar-refractivity contribution in [3.63, 3.8) is 0 Å². The average Bonchev–Trinajstić information content (AvgIpc) is 2.73. The van der Waals surface area contributed by atoms with Crippen molar-refractivity contribution in [2.24, 2.45) is 5.41 Å². The van der Waals surface area contributed by atoms with Gasteiger partial charge >= 0.3 is 0 Å². The number of fused-ring (bicyclic) bond motifs is 1. The van der Waals surface area contributed by atoms with Crippen molar-refractivity contribution in [1.82, 2.24) is 15.2 Å². The highest BCUT2D eigenvalue weighted by Crippen LogP contribution is 2.33. The Hall–Kier alpha value is -3.29. The molecule has 0 unspecified atom stereocenters. The molecule has 1 saturated heterocycles. The molecule has 1 fully saturated rings. The van der Waals surface area contributed by atoms with Crippen molar-refractivity contribution in [3.8, 4) is 0 Å². The van der Waals surface area contributed by atoms with E-state index in [2.05, 4.69) is 10.3 Å². The zero-order chi connectivity index (χ0) is 23.0. The molecular weight excluding hydrogens is 413 g/mol. The van der Waals surface area contributed by atoms with Crippen LogP contribution in [0.3, 0.4) is 0 Å². The van der Waals surface area contributed by atoms with Crippen LogP contribution in [-0.4, -0.2) is 46.6 Å². The lowest BCUT2D eigenvalue weighted by Crippen LogP contribution is -2.47. The van der Waals surface area contributed by atoms with E-state index in [1.807, 2.05) is 13.8 Å². The number of hydrogen-bond donors (Lipinski definition) is 2. The van der Waals surface area contributed by atoms with Crippen LogP contribution < -0.4 is 10.9 Å². The van der Waals surface area contributed by atoms with Gasteiger partial charge in [0.2, 0.25) is 0 Å². The Morgan fingerprint density at radius 1 is 1.09 bits per heavy atom. The third kappa shape index (κ3) is 4.35. The van der Waals surface area contributed by atoms with Crippen LogP contribution in [0.25, 0.3) is 0 Å². The maximum absolute atomic E-state index is 13.9. The van der Waals surface area contributed by atoms with Gasteiger partial charge in [0.15, 0.2) is 5.78 Å². The number of benzene rings is 1. The molecular formula is C24H26FN3O4. The first-order valence-electron chi connectivity index (χ1n) is 10.8. The van der Waals surface area contributed by atoms with E-state index < -0.39 is 17.3 Å². The highest BCUT2D eigenvalue weighted by molar-refractivity contribution is 6.02. The topological polar surface area (TPSA) is 99.3 Å². The predicted molar refractivity (Wildman–Crippen MR) is 116 cm³/mol. The third-order valence-corrected chi connectivity index (χ3v) is 6.18. The number of nitrogens with zero attached hydrogens (tertiary/aromatic N) is 1. The molecule has 0 atom stereocenters. The summed E-state index contributed by atoms with van der Waals surface area (Å²) in [6, 6.07) is 7.03. The summed E-state index contributed by atoms with van der Waals surface area (Å²) in [5, 5.41) is 2.84. The van der Waals surface area contributed by atoms with Gasteiger partial charge < -0.3 is 15.2 Å². The molecule has 7 nitrogen and oxygen atoms in total. The normalized spacial score (nSPS) is 18.2. The fraction of sp³-hybridized carbons (Fsp3) is 0.417. The molecule has 1 aromatic carbocycles. The lowest BCUT2D eigenvalue weighted by molar-refractivity contribution is 0.0693. The minimum atomic E-state index is -0.558. The number of Topliss-reactive ketones (excluding diaryl/α,β-unsaturated/α-hetero) is 1. The molecule has 32 heavy (non-hydrogen) atoms. The Kier molecular flexibility index (Phi) is 5.71. The fourth-order valence-corrected chi connectivity index (χ4v) is 4.49. The molecule has 2 heterocycles. The van der Waals surface area contributed by atoms with E-state index in [9.17, 15) is 23.6 Å². The summed E-state index contributed by atoms with van der Waals surface area (Å²) in [5.41, 5.74) is 0.182. The second-order valence-corrected chi connectivity index (χ2v) is 9.37. The first kappa shape index (κ1) is 21.9. The van der Waals surface area contributed by atoms with E-state index in [1.54, 1.807) is 11.0 Å². The van der Waals surface area contributed by atoms with Gasteiger partial charge in [-0.25, -0.2) is 4.39 Å². The lowest BCUT2D eigenvalue weighted by atomic mass is 9.75. The molecule has 2 amide bonds. The van der Waals surface area contributed by atoms with E-state index in [1.165, 1.54) is 24.3 Å². The van der Waals surface area contributed by atoms with E-state index in [0.29, 0.717) is 50.0 Å². The smallest absolute Gasteiger partial charge is 0.261 e. The van der Waals surface area contributed by atoms with E-state index in [4.69, 9.17) is 0 Å². The molecule has 2 aromatic rings. The number of piperidine rings is 1. The first-order valence-corrected chi connectivity index (χ1v) is 10.8. The molecule has 8 heteroatoms. The van der Waals surface area contributed by atoms with Crippen LogP contribution >= 0.6 is 0 Å². The summed E-state index contributed by atoms with van der Waals surface area (Å²) < 4.78 is 13.9. The number of likely N-dealkylation sites (tertiary alicyclic amines) is 1. The van der Waals surface area contributed by atoms with Crippen LogP contribution in [-0.2, 0) is 6.42 Å². The second kappa shape index (κ2) is 8.33. The maximum Gasteiger partial charge on any atom is 0.261 e. The predicted octanol–water partition coefficient (Wildman–Crippen LogP) is 2.70. The molecule has 0 saturated carbocycles. The van der Waals surface area contributed by atoms with Crippen LogP contribution in [0, 0.1) is 11.2 Å². The van der Waals surface area contributed by atoms with Crippen LogP contribution in [0.5, 0.6) is 0 Å². The van der Waals surface area contributed by atoms with E-state index in [0.717, 1.165) is 0 Å². The van der Waals surface area contributed by atoms with Crippen LogP contribution in [0.1, 0.15) is 69.9 Å². The van der Waals surface area contributed by atoms with Crippen molar-refractivity contribution in [3.05, 3.63) is 68.9 Å². The van der Waals surface area contributed by atoms with Gasteiger partial charge in [-0.3, -0.25) is 19.2 Å². The minimum Gasteiger partial charge on any atom is -0.349 e. The Bertz CT molecular complexity index is 1150. The molecule has 2 N–H and O–H groups in total. The molecule has 1 aliphatic carbocycles. The van der Waals surface area contributed by atoms with Gasteiger partial charge in [-0.15, -0.1) is 0 Å². The van der Waals surface area contributed by atoms with Gasteiger partial charge in [0.1, 0.15) is 11.4 Å². The van der Waals surface area contributed by atoms with Crippen molar-refractivity contribution in [2.75, 3.05) is 13.1 Å².